The SMILES string of the molecule is CN=C(NCc1c(C)nn(C)c1C)NC1CCN(Cc2ccccc2C)CC1.I. The molecular formula is C22H35IN6. The van der Waals surface area contributed by atoms with Crippen molar-refractivity contribution in [2.24, 2.45) is 12.0 Å². The highest BCUT2D eigenvalue weighted by atomic mass is 127. The largest absolute Gasteiger partial charge is 0.354 e. The highest BCUT2D eigenvalue weighted by Gasteiger charge is 2.20. The van der Waals surface area contributed by atoms with Gasteiger partial charge in [0.05, 0.1) is 5.69 Å². The zero-order valence-electron chi connectivity index (χ0n) is 18.3. The van der Waals surface area contributed by atoms with Gasteiger partial charge in [0.15, 0.2) is 5.96 Å². The van der Waals surface area contributed by atoms with E-state index >= 15 is 0 Å². The number of hydrogen-bond donors (Lipinski definition) is 2. The molecule has 0 aliphatic carbocycles. The Morgan fingerprint density at radius 3 is 2.45 bits per heavy atom. The lowest BCUT2D eigenvalue weighted by atomic mass is 10.0. The second-order valence-electron chi connectivity index (χ2n) is 7.82. The van der Waals surface area contributed by atoms with Gasteiger partial charge in [0.1, 0.15) is 0 Å². The molecule has 2 N–H and O–H groups in total. The summed E-state index contributed by atoms with van der Waals surface area (Å²) in [5.74, 6) is 0.875. The summed E-state index contributed by atoms with van der Waals surface area (Å²) in [6, 6.07) is 9.16. The van der Waals surface area contributed by atoms with Crippen molar-refractivity contribution in [2.45, 2.75) is 52.7 Å². The van der Waals surface area contributed by atoms with Crippen LogP contribution in [0.15, 0.2) is 29.3 Å². The van der Waals surface area contributed by atoms with Crippen molar-refractivity contribution >= 4 is 29.9 Å². The van der Waals surface area contributed by atoms with Crippen LogP contribution in [-0.2, 0) is 20.1 Å². The Bertz CT molecular complexity index is 821. The monoisotopic (exact) mass is 510 g/mol. The van der Waals surface area contributed by atoms with Gasteiger partial charge in [-0.05, 0) is 44.7 Å². The molecule has 0 unspecified atom stereocenters. The molecule has 0 atom stereocenters. The Labute approximate surface area is 192 Å². The topological polar surface area (TPSA) is 57.5 Å². The maximum absolute atomic E-state index is 4.49. The van der Waals surface area contributed by atoms with Crippen molar-refractivity contribution in [3.8, 4) is 0 Å². The molecule has 1 aliphatic heterocycles. The van der Waals surface area contributed by atoms with Gasteiger partial charge in [-0.2, -0.15) is 5.10 Å². The average molecular weight is 510 g/mol. The van der Waals surface area contributed by atoms with E-state index in [1.807, 2.05) is 18.8 Å². The van der Waals surface area contributed by atoms with Crippen LogP contribution >= 0.6 is 24.0 Å². The molecule has 1 saturated heterocycles. The molecule has 1 aliphatic rings. The predicted molar refractivity (Wildman–Crippen MR) is 131 cm³/mol. The molecule has 0 amide bonds. The lowest BCUT2D eigenvalue weighted by Crippen LogP contribution is -2.48. The molecule has 1 aromatic carbocycles. The number of piperidine rings is 1. The van der Waals surface area contributed by atoms with Crippen LogP contribution in [0.25, 0.3) is 0 Å². The number of benzene rings is 1. The van der Waals surface area contributed by atoms with Crippen LogP contribution in [0.2, 0.25) is 0 Å². The van der Waals surface area contributed by atoms with Crippen LogP contribution in [0.1, 0.15) is 40.9 Å². The lowest BCUT2D eigenvalue weighted by Gasteiger charge is -2.33. The first-order valence-electron chi connectivity index (χ1n) is 10.2. The van der Waals surface area contributed by atoms with Crippen molar-refractivity contribution in [3.05, 3.63) is 52.3 Å². The summed E-state index contributed by atoms with van der Waals surface area (Å²) in [5.41, 5.74) is 6.35. The molecule has 3 rings (SSSR count). The summed E-state index contributed by atoms with van der Waals surface area (Å²) in [6.45, 7) is 10.4. The zero-order chi connectivity index (χ0) is 20.1. The maximum Gasteiger partial charge on any atom is 0.191 e. The number of nitrogens with zero attached hydrogens (tertiary/aromatic N) is 4. The van der Waals surface area contributed by atoms with Crippen LogP contribution in [0, 0.1) is 20.8 Å². The smallest absolute Gasteiger partial charge is 0.191 e. The van der Waals surface area contributed by atoms with Crippen molar-refractivity contribution in [1.82, 2.24) is 25.3 Å². The third-order valence-electron chi connectivity index (χ3n) is 5.90. The van der Waals surface area contributed by atoms with Gasteiger partial charge in [-0.15, -0.1) is 24.0 Å². The number of rotatable bonds is 5. The van der Waals surface area contributed by atoms with Gasteiger partial charge in [-0.25, -0.2) is 0 Å². The van der Waals surface area contributed by atoms with E-state index in [2.05, 4.69) is 70.7 Å². The number of hydrogen-bond acceptors (Lipinski definition) is 3. The molecule has 7 heteroatoms. The molecule has 160 valence electrons. The summed E-state index contributed by atoms with van der Waals surface area (Å²) >= 11 is 0. The van der Waals surface area contributed by atoms with Gasteiger partial charge in [-0.1, -0.05) is 24.3 Å². The first-order valence-corrected chi connectivity index (χ1v) is 10.2. The van der Waals surface area contributed by atoms with E-state index in [0.717, 1.165) is 50.7 Å². The predicted octanol–water partition coefficient (Wildman–Crippen LogP) is 3.29. The third kappa shape index (κ3) is 6.18. The maximum atomic E-state index is 4.49. The number of guanidine groups is 1. The summed E-state index contributed by atoms with van der Waals surface area (Å²) < 4.78 is 1.94. The molecule has 0 radical (unpaired) electrons. The van der Waals surface area contributed by atoms with E-state index in [4.69, 9.17) is 0 Å². The number of aliphatic imine (C=N–C) groups is 1. The van der Waals surface area contributed by atoms with E-state index < -0.39 is 0 Å². The summed E-state index contributed by atoms with van der Waals surface area (Å²) in [5, 5.41) is 11.6. The van der Waals surface area contributed by atoms with Crippen LogP contribution in [-0.4, -0.2) is 46.8 Å². The minimum atomic E-state index is 0. The molecule has 2 aromatic rings. The fourth-order valence-electron chi connectivity index (χ4n) is 3.90. The van der Waals surface area contributed by atoms with Crippen LogP contribution in [0.5, 0.6) is 0 Å². The molecule has 0 spiro atoms. The summed E-state index contributed by atoms with van der Waals surface area (Å²) in [7, 11) is 3.83. The number of halogens is 1. The Kier molecular flexibility index (Phi) is 8.95. The van der Waals surface area contributed by atoms with Crippen LogP contribution in [0.4, 0.5) is 0 Å². The Balaban J connectivity index is 0.00000300. The van der Waals surface area contributed by atoms with Crippen molar-refractivity contribution < 1.29 is 0 Å². The molecule has 1 fully saturated rings. The second-order valence-corrected chi connectivity index (χ2v) is 7.82. The van der Waals surface area contributed by atoms with E-state index in [1.54, 1.807) is 0 Å². The first-order chi connectivity index (χ1) is 13.5. The summed E-state index contributed by atoms with van der Waals surface area (Å²) in [4.78, 5) is 6.97. The minimum Gasteiger partial charge on any atom is -0.354 e. The van der Waals surface area contributed by atoms with E-state index in [0.29, 0.717) is 6.04 Å². The number of aryl methyl sites for hydroxylation is 3. The van der Waals surface area contributed by atoms with Crippen LogP contribution < -0.4 is 10.6 Å². The summed E-state index contributed by atoms with van der Waals surface area (Å²) in [6.07, 6.45) is 2.27. The Morgan fingerprint density at radius 2 is 1.86 bits per heavy atom. The molecule has 0 saturated carbocycles. The lowest BCUT2D eigenvalue weighted by molar-refractivity contribution is 0.198. The van der Waals surface area contributed by atoms with E-state index in [-0.39, 0.29) is 24.0 Å². The molecule has 0 bridgehead atoms. The molecular weight excluding hydrogens is 475 g/mol. The second kappa shape index (κ2) is 11.0. The van der Waals surface area contributed by atoms with Crippen molar-refractivity contribution in [1.29, 1.82) is 0 Å². The normalized spacial score (nSPS) is 15.8. The van der Waals surface area contributed by atoms with Gasteiger partial charge in [0.2, 0.25) is 0 Å². The standard InChI is InChI=1S/C22H34N6.HI/c1-16-8-6-7-9-19(16)15-28-12-10-20(11-13-28)25-22(23-4)24-14-21-17(2)26-27(5)18(21)3;/h6-9,20H,10-15H2,1-5H3,(H2,23,24,25);1H. The fourth-order valence-corrected chi connectivity index (χ4v) is 3.90. The van der Waals surface area contributed by atoms with Gasteiger partial charge in [-0.3, -0.25) is 14.6 Å². The fraction of sp³-hybridized carbons (Fsp3) is 0.545. The Hall–Kier alpha value is -1.61. The number of aromatic nitrogens is 2. The van der Waals surface area contributed by atoms with Crippen molar-refractivity contribution in [3.63, 3.8) is 0 Å². The van der Waals surface area contributed by atoms with Crippen LogP contribution in [0.3, 0.4) is 0 Å². The van der Waals surface area contributed by atoms with E-state index in [9.17, 15) is 0 Å². The quantitative estimate of drug-likeness (QED) is 0.368. The highest BCUT2D eigenvalue weighted by molar-refractivity contribution is 14.0. The number of likely N-dealkylation sites (tertiary alicyclic amines) is 1. The molecule has 1 aromatic heterocycles. The van der Waals surface area contributed by atoms with Gasteiger partial charge < -0.3 is 10.6 Å². The van der Waals surface area contributed by atoms with Gasteiger partial charge in [0, 0.05) is 57.6 Å². The van der Waals surface area contributed by atoms with E-state index in [1.165, 1.54) is 22.4 Å². The molecule has 6 nitrogen and oxygen atoms in total. The van der Waals surface area contributed by atoms with Gasteiger partial charge in [0.25, 0.3) is 0 Å². The average Bonchev–Trinajstić information content (AvgIpc) is 2.93. The number of nitrogens with one attached hydrogen (secondary N) is 2. The zero-order valence-corrected chi connectivity index (χ0v) is 20.7. The molecule has 29 heavy (non-hydrogen) atoms. The van der Waals surface area contributed by atoms with Gasteiger partial charge >= 0.3 is 0 Å². The highest BCUT2D eigenvalue weighted by Crippen LogP contribution is 2.16. The van der Waals surface area contributed by atoms with Crippen molar-refractivity contribution in [2.75, 3.05) is 20.1 Å². The third-order valence-corrected chi connectivity index (χ3v) is 5.90. The molecule has 2 heterocycles. The first kappa shape index (κ1) is 23.7. The Morgan fingerprint density at radius 1 is 1.17 bits per heavy atom. The minimum absolute atomic E-state index is 0.